The molecule has 1 heterocycles. The smallest absolute Gasteiger partial charge is 0.226 e. The maximum absolute atomic E-state index is 12.4. The van der Waals surface area contributed by atoms with E-state index in [2.05, 4.69) is 24.5 Å². The highest BCUT2D eigenvalue weighted by Gasteiger charge is 2.36. The van der Waals surface area contributed by atoms with Crippen LogP contribution in [0.4, 0.5) is 0 Å². The van der Waals surface area contributed by atoms with E-state index in [1.54, 1.807) is 0 Å². The molecule has 3 heteroatoms. The summed E-state index contributed by atoms with van der Waals surface area (Å²) in [6, 6.07) is 0. The number of carbonyl (C=O) groups is 1. The molecule has 0 aromatic rings. The Morgan fingerprint density at radius 3 is 2.28 bits per heavy atom. The summed E-state index contributed by atoms with van der Waals surface area (Å²) < 4.78 is 0. The van der Waals surface area contributed by atoms with Crippen LogP contribution < -0.4 is 10.6 Å². The Hall–Kier alpha value is -0.570. The molecule has 1 saturated heterocycles. The minimum atomic E-state index is -0.143. The Morgan fingerprint density at radius 1 is 1.06 bits per heavy atom. The van der Waals surface area contributed by atoms with Gasteiger partial charge in [0.05, 0.1) is 0 Å². The van der Waals surface area contributed by atoms with E-state index >= 15 is 0 Å². The molecule has 1 aliphatic heterocycles. The SMILES string of the molecule is CC1(CNC(=O)C2(C)CCNCC2)CCCCC1. The number of amides is 1. The fraction of sp³-hybridized carbons (Fsp3) is 0.933. The highest BCUT2D eigenvalue weighted by Crippen LogP contribution is 2.35. The van der Waals surface area contributed by atoms with Crippen LogP contribution in [0.15, 0.2) is 0 Å². The third kappa shape index (κ3) is 3.25. The Balaban J connectivity index is 1.83. The number of rotatable bonds is 3. The summed E-state index contributed by atoms with van der Waals surface area (Å²) in [6.45, 7) is 7.26. The van der Waals surface area contributed by atoms with E-state index in [0.29, 0.717) is 5.41 Å². The second-order valence-corrected chi connectivity index (χ2v) is 6.86. The minimum absolute atomic E-state index is 0.143. The van der Waals surface area contributed by atoms with Crippen LogP contribution in [0.1, 0.15) is 58.8 Å². The van der Waals surface area contributed by atoms with Gasteiger partial charge in [-0.1, -0.05) is 33.1 Å². The average Bonchev–Trinajstić information content (AvgIpc) is 2.38. The van der Waals surface area contributed by atoms with Gasteiger partial charge in [0, 0.05) is 12.0 Å². The zero-order valence-corrected chi connectivity index (χ0v) is 12.0. The van der Waals surface area contributed by atoms with Crippen LogP contribution in [-0.4, -0.2) is 25.5 Å². The summed E-state index contributed by atoms with van der Waals surface area (Å²) in [5, 5.41) is 6.56. The predicted molar refractivity (Wildman–Crippen MR) is 74.4 cm³/mol. The molecule has 2 rings (SSSR count). The van der Waals surface area contributed by atoms with Crippen molar-refractivity contribution in [3.05, 3.63) is 0 Å². The molecular weight excluding hydrogens is 224 g/mol. The first-order chi connectivity index (χ1) is 8.54. The number of hydrogen-bond acceptors (Lipinski definition) is 2. The number of nitrogens with one attached hydrogen (secondary N) is 2. The lowest BCUT2D eigenvalue weighted by atomic mass is 9.75. The Bertz CT molecular complexity index is 289. The maximum Gasteiger partial charge on any atom is 0.226 e. The van der Waals surface area contributed by atoms with E-state index < -0.39 is 0 Å². The van der Waals surface area contributed by atoms with Gasteiger partial charge in [0.15, 0.2) is 0 Å². The molecule has 1 amide bonds. The predicted octanol–water partition coefficient (Wildman–Crippen LogP) is 2.46. The third-order valence-corrected chi connectivity index (χ3v) is 4.99. The van der Waals surface area contributed by atoms with Crippen LogP contribution in [0.25, 0.3) is 0 Å². The molecule has 0 radical (unpaired) electrons. The van der Waals surface area contributed by atoms with Gasteiger partial charge in [0.1, 0.15) is 0 Å². The van der Waals surface area contributed by atoms with Gasteiger partial charge in [-0.25, -0.2) is 0 Å². The van der Waals surface area contributed by atoms with Gasteiger partial charge >= 0.3 is 0 Å². The molecule has 3 nitrogen and oxygen atoms in total. The number of hydrogen-bond donors (Lipinski definition) is 2. The largest absolute Gasteiger partial charge is 0.355 e. The van der Waals surface area contributed by atoms with Crippen LogP contribution in [0, 0.1) is 10.8 Å². The molecule has 0 aromatic heterocycles. The third-order valence-electron chi connectivity index (χ3n) is 4.99. The molecule has 0 spiro atoms. The molecule has 2 fully saturated rings. The molecule has 1 saturated carbocycles. The van der Waals surface area contributed by atoms with Gasteiger partial charge in [-0.2, -0.15) is 0 Å². The van der Waals surface area contributed by atoms with Gasteiger partial charge in [0.25, 0.3) is 0 Å². The lowest BCUT2D eigenvalue weighted by Crippen LogP contribution is -2.48. The highest BCUT2D eigenvalue weighted by molar-refractivity contribution is 5.82. The normalized spacial score (nSPS) is 26.6. The monoisotopic (exact) mass is 252 g/mol. The van der Waals surface area contributed by atoms with Crippen molar-refractivity contribution in [1.82, 2.24) is 10.6 Å². The molecule has 0 bridgehead atoms. The van der Waals surface area contributed by atoms with Gasteiger partial charge in [-0.15, -0.1) is 0 Å². The second kappa shape index (κ2) is 5.60. The van der Waals surface area contributed by atoms with Crippen molar-refractivity contribution in [3.63, 3.8) is 0 Å². The summed E-state index contributed by atoms with van der Waals surface area (Å²) in [5.41, 5.74) is 0.202. The van der Waals surface area contributed by atoms with Crippen molar-refractivity contribution < 1.29 is 4.79 Å². The quantitative estimate of drug-likeness (QED) is 0.810. The molecule has 1 aliphatic carbocycles. The van der Waals surface area contributed by atoms with Crippen molar-refractivity contribution in [1.29, 1.82) is 0 Å². The molecule has 0 aromatic carbocycles. The maximum atomic E-state index is 12.4. The highest BCUT2D eigenvalue weighted by atomic mass is 16.2. The molecule has 0 atom stereocenters. The van der Waals surface area contributed by atoms with Crippen molar-refractivity contribution in [2.75, 3.05) is 19.6 Å². The van der Waals surface area contributed by atoms with Crippen LogP contribution in [-0.2, 0) is 4.79 Å². The van der Waals surface area contributed by atoms with Crippen molar-refractivity contribution in [2.24, 2.45) is 10.8 Å². The summed E-state index contributed by atoms with van der Waals surface area (Å²) >= 11 is 0. The number of piperidine rings is 1. The van der Waals surface area contributed by atoms with Crippen LogP contribution in [0.3, 0.4) is 0 Å². The summed E-state index contributed by atoms with van der Waals surface area (Å²) in [6.07, 6.45) is 8.50. The van der Waals surface area contributed by atoms with E-state index in [4.69, 9.17) is 0 Å². The first-order valence-corrected chi connectivity index (χ1v) is 7.53. The Labute approximate surface area is 111 Å². The van der Waals surface area contributed by atoms with E-state index in [-0.39, 0.29) is 11.3 Å². The minimum Gasteiger partial charge on any atom is -0.355 e. The standard InChI is InChI=1S/C15H28N2O/c1-14(6-4-3-5-7-14)12-17-13(18)15(2)8-10-16-11-9-15/h16H,3-12H2,1-2H3,(H,17,18). The first-order valence-electron chi connectivity index (χ1n) is 7.53. The molecule has 0 unspecified atom stereocenters. The first kappa shape index (κ1) is 13.9. The molecule has 104 valence electrons. The van der Waals surface area contributed by atoms with Gasteiger partial charge in [-0.3, -0.25) is 4.79 Å². The average molecular weight is 252 g/mol. The number of carbonyl (C=O) groups excluding carboxylic acids is 1. The van der Waals surface area contributed by atoms with Crippen LogP contribution >= 0.6 is 0 Å². The van der Waals surface area contributed by atoms with E-state index in [9.17, 15) is 4.79 Å². The summed E-state index contributed by atoms with van der Waals surface area (Å²) in [4.78, 5) is 12.4. The molecule has 2 aliphatic rings. The summed E-state index contributed by atoms with van der Waals surface area (Å²) in [7, 11) is 0. The van der Waals surface area contributed by atoms with Gasteiger partial charge in [-0.05, 0) is 44.2 Å². The Morgan fingerprint density at radius 2 is 1.67 bits per heavy atom. The van der Waals surface area contributed by atoms with Crippen LogP contribution in [0.5, 0.6) is 0 Å². The van der Waals surface area contributed by atoms with E-state index in [0.717, 1.165) is 32.5 Å². The van der Waals surface area contributed by atoms with Gasteiger partial charge < -0.3 is 10.6 Å². The van der Waals surface area contributed by atoms with Crippen molar-refractivity contribution >= 4 is 5.91 Å². The summed E-state index contributed by atoms with van der Waals surface area (Å²) in [5.74, 6) is 0.274. The van der Waals surface area contributed by atoms with E-state index in [1.807, 2.05) is 0 Å². The lowest BCUT2D eigenvalue weighted by Gasteiger charge is -2.37. The Kier molecular flexibility index (Phi) is 4.31. The fourth-order valence-corrected chi connectivity index (χ4v) is 3.29. The van der Waals surface area contributed by atoms with Crippen molar-refractivity contribution in [2.45, 2.75) is 58.8 Å². The zero-order chi connectivity index (χ0) is 13.1. The molecule has 2 N–H and O–H groups in total. The van der Waals surface area contributed by atoms with E-state index in [1.165, 1.54) is 32.1 Å². The molecular formula is C15H28N2O. The van der Waals surface area contributed by atoms with Crippen molar-refractivity contribution in [3.8, 4) is 0 Å². The lowest BCUT2D eigenvalue weighted by molar-refractivity contribution is -0.132. The second-order valence-electron chi connectivity index (χ2n) is 6.86. The van der Waals surface area contributed by atoms with Crippen LogP contribution in [0.2, 0.25) is 0 Å². The molecule has 18 heavy (non-hydrogen) atoms. The van der Waals surface area contributed by atoms with Gasteiger partial charge in [0.2, 0.25) is 5.91 Å². The zero-order valence-electron chi connectivity index (χ0n) is 12.0. The fourth-order valence-electron chi connectivity index (χ4n) is 3.29. The topological polar surface area (TPSA) is 41.1 Å².